The van der Waals surface area contributed by atoms with Gasteiger partial charge in [0.1, 0.15) is 4.34 Å². The van der Waals surface area contributed by atoms with Gasteiger partial charge >= 0.3 is 0 Å². The summed E-state index contributed by atoms with van der Waals surface area (Å²) in [6.07, 6.45) is 15.4. The van der Waals surface area contributed by atoms with Crippen molar-refractivity contribution in [3.8, 4) is 10.4 Å². The molecule has 4 fully saturated rings. The van der Waals surface area contributed by atoms with Gasteiger partial charge in [-0.15, -0.1) is 11.3 Å². The Bertz CT molecular complexity index is 991. The summed E-state index contributed by atoms with van der Waals surface area (Å²) in [6.45, 7) is 5.11. The van der Waals surface area contributed by atoms with Crippen molar-refractivity contribution in [2.24, 2.45) is 34.5 Å². The average molecular weight is 482 g/mol. The van der Waals surface area contributed by atoms with E-state index in [1.807, 2.05) is 6.20 Å². The lowest BCUT2D eigenvalue weighted by molar-refractivity contribution is -0.143. The second-order valence-electron chi connectivity index (χ2n) is 12.1. The summed E-state index contributed by atoms with van der Waals surface area (Å²) in [5.74, 6) is 4.21. The lowest BCUT2D eigenvalue weighted by atomic mass is 9.44. The Morgan fingerprint density at radius 2 is 1.79 bits per heavy atom. The van der Waals surface area contributed by atoms with Crippen molar-refractivity contribution < 1.29 is 5.11 Å². The number of aromatic nitrogens is 1. The predicted molar refractivity (Wildman–Crippen MR) is 140 cm³/mol. The second kappa shape index (κ2) is 8.38. The lowest BCUT2D eigenvalue weighted by Crippen LogP contribution is -2.56. The van der Waals surface area contributed by atoms with Crippen LogP contribution in [0, 0.1) is 34.5 Å². The molecule has 4 aliphatic rings. The first-order chi connectivity index (χ1) is 15.9. The van der Waals surface area contributed by atoms with Crippen LogP contribution >= 0.6 is 23.1 Å². The summed E-state index contributed by atoms with van der Waals surface area (Å²) in [7, 11) is 0. The third-order valence-corrected chi connectivity index (χ3v) is 13.3. The molecule has 0 aliphatic heterocycles. The summed E-state index contributed by atoms with van der Waals surface area (Å²) in [5.41, 5.74) is 1.32. The van der Waals surface area contributed by atoms with Crippen LogP contribution in [0.2, 0.25) is 0 Å². The normalized spacial score (nSPS) is 42.4. The first kappa shape index (κ1) is 22.6. The first-order valence-corrected chi connectivity index (χ1v) is 15.1. The van der Waals surface area contributed by atoms with Gasteiger partial charge in [0.2, 0.25) is 0 Å². The third-order valence-electron chi connectivity index (χ3n) is 10.9. The molecule has 7 atom stereocenters. The predicted octanol–water partition coefficient (Wildman–Crippen LogP) is 8.07. The molecule has 4 saturated carbocycles. The molecular formula is C29H39NOS2. The fraction of sp³-hybridized carbons (Fsp3) is 0.690. The number of hydrogen-bond donors (Lipinski definition) is 1. The Hall–Kier alpha value is -0.840. The minimum Gasteiger partial charge on any atom is -0.388 e. The van der Waals surface area contributed by atoms with E-state index in [2.05, 4.69) is 44.2 Å². The van der Waals surface area contributed by atoms with Crippen LogP contribution in [0.1, 0.15) is 78.1 Å². The number of aliphatic hydroxyl groups is 1. The minimum atomic E-state index is -0.559. The van der Waals surface area contributed by atoms with Crippen molar-refractivity contribution >= 4 is 23.1 Å². The summed E-state index contributed by atoms with van der Waals surface area (Å²) in [5, 5.41) is 12.1. The van der Waals surface area contributed by atoms with Crippen molar-refractivity contribution in [1.82, 2.24) is 4.98 Å². The van der Waals surface area contributed by atoms with Gasteiger partial charge in [0.05, 0.1) is 10.5 Å². The van der Waals surface area contributed by atoms with Crippen molar-refractivity contribution in [3.63, 3.8) is 0 Å². The quantitative estimate of drug-likeness (QED) is 0.448. The van der Waals surface area contributed by atoms with Crippen LogP contribution in [-0.2, 0) is 0 Å². The van der Waals surface area contributed by atoms with Crippen LogP contribution in [-0.4, -0.2) is 21.4 Å². The highest BCUT2D eigenvalue weighted by Gasteiger charge is 2.64. The lowest BCUT2D eigenvalue weighted by Gasteiger charge is -2.61. The highest BCUT2D eigenvalue weighted by Crippen LogP contribution is 2.68. The van der Waals surface area contributed by atoms with E-state index in [1.165, 1.54) is 68.2 Å². The summed E-state index contributed by atoms with van der Waals surface area (Å²) >= 11 is 3.56. The van der Waals surface area contributed by atoms with E-state index in [1.54, 1.807) is 23.1 Å². The number of thiazole rings is 1. The van der Waals surface area contributed by atoms with Gasteiger partial charge in [-0.05, 0) is 86.0 Å². The van der Waals surface area contributed by atoms with Crippen molar-refractivity contribution in [2.45, 2.75) is 88.0 Å². The summed E-state index contributed by atoms with van der Waals surface area (Å²) in [4.78, 5) is 5.92. The molecule has 0 radical (unpaired) electrons. The van der Waals surface area contributed by atoms with Gasteiger partial charge in [0, 0.05) is 17.4 Å². The largest absolute Gasteiger partial charge is 0.388 e. The molecule has 1 aromatic carbocycles. The highest BCUT2D eigenvalue weighted by atomic mass is 32.2. The number of rotatable bonds is 4. The third kappa shape index (κ3) is 3.57. The molecule has 4 heteroatoms. The zero-order valence-corrected chi connectivity index (χ0v) is 21.9. The Balaban J connectivity index is 1.18. The van der Waals surface area contributed by atoms with Gasteiger partial charge < -0.3 is 5.11 Å². The zero-order chi connectivity index (χ0) is 22.7. The monoisotopic (exact) mass is 481 g/mol. The van der Waals surface area contributed by atoms with Crippen LogP contribution in [0.15, 0.2) is 40.9 Å². The molecule has 0 spiro atoms. The number of benzene rings is 1. The van der Waals surface area contributed by atoms with E-state index in [9.17, 15) is 5.11 Å². The van der Waals surface area contributed by atoms with Crippen LogP contribution in [0.4, 0.5) is 0 Å². The zero-order valence-electron chi connectivity index (χ0n) is 20.3. The molecule has 33 heavy (non-hydrogen) atoms. The number of thioether (sulfide) groups is 1. The molecule has 0 amide bonds. The fourth-order valence-electron chi connectivity index (χ4n) is 8.88. The standard InChI is InChI=1S/C29H39NOS2/c1-27-15-7-6-10-21(27)11-12-22-23(27)13-16-28(2)24(22)14-17-29(28,31)19-32-26-30-18-25(33-26)20-8-4-3-5-9-20/h3-5,8-9,18,21-24,31H,6-7,10-17,19H2,1-2H3/t21-,22+,23-,24-,27+,28+,29-/m1/s1. The van der Waals surface area contributed by atoms with E-state index >= 15 is 0 Å². The van der Waals surface area contributed by atoms with E-state index in [0.29, 0.717) is 11.3 Å². The SMILES string of the molecule is C[C@]12CCCC[C@@H]1CC[C@H]1[C@H]2CC[C@@]2(C)[C@@H]1CC[C@@]2(O)CSc1ncc(-c2ccccc2)s1. The first-order valence-electron chi connectivity index (χ1n) is 13.3. The van der Waals surface area contributed by atoms with E-state index in [0.717, 1.165) is 34.3 Å². The molecular weight excluding hydrogens is 442 g/mol. The van der Waals surface area contributed by atoms with Crippen LogP contribution < -0.4 is 0 Å². The van der Waals surface area contributed by atoms with Gasteiger partial charge in [0.25, 0.3) is 0 Å². The molecule has 0 unspecified atom stereocenters. The van der Waals surface area contributed by atoms with Crippen LogP contribution in [0.3, 0.4) is 0 Å². The highest BCUT2D eigenvalue weighted by molar-refractivity contribution is 8.01. The van der Waals surface area contributed by atoms with Crippen LogP contribution in [0.5, 0.6) is 0 Å². The topological polar surface area (TPSA) is 33.1 Å². The number of nitrogens with zero attached hydrogens (tertiary/aromatic N) is 1. The molecule has 2 nitrogen and oxygen atoms in total. The van der Waals surface area contributed by atoms with E-state index in [4.69, 9.17) is 4.98 Å². The van der Waals surface area contributed by atoms with Gasteiger partial charge in [-0.25, -0.2) is 4.98 Å². The molecule has 178 valence electrons. The molecule has 0 bridgehead atoms. The average Bonchev–Trinajstić information content (AvgIpc) is 3.41. The van der Waals surface area contributed by atoms with Crippen molar-refractivity contribution in [2.75, 3.05) is 5.75 Å². The second-order valence-corrected chi connectivity index (χ2v) is 14.3. The Kier molecular flexibility index (Phi) is 5.74. The van der Waals surface area contributed by atoms with Gasteiger partial charge in [-0.3, -0.25) is 0 Å². The Morgan fingerprint density at radius 3 is 2.64 bits per heavy atom. The number of hydrogen-bond acceptors (Lipinski definition) is 4. The van der Waals surface area contributed by atoms with Crippen molar-refractivity contribution in [3.05, 3.63) is 36.5 Å². The fourth-order valence-corrected chi connectivity index (χ4v) is 11.2. The smallest absolute Gasteiger partial charge is 0.150 e. The Morgan fingerprint density at radius 1 is 0.970 bits per heavy atom. The molecule has 1 heterocycles. The van der Waals surface area contributed by atoms with Crippen LogP contribution in [0.25, 0.3) is 10.4 Å². The number of fused-ring (bicyclic) bond motifs is 5. The maximum absolute atomic E-state index is 12.1. The Labute approximate surface area is 208 Å². The summed E-state index contributed by atoms with van der Waals surface area (Å²) < 4.78 is 1.10. The van der Waals surface area contributed by atoms with Gasteiger partial charge in [-0.1, -0.05) is 68.8 Å². The van der Waals surface area contributed by atoms with E-state index in [-0.39, 0.29) is 5.41 Å². The molecule has 1 N–H and O–H groups in total. The molecule has 0 saturated heterocycles. The van der Waals surface area contributed by atoms with Crippen molar-refractivity contribution in [1.29, 1.82) is 0 Å². The molecule has 4 aliphatic carbocycles. The van der Waals surface area contributed by atoms with E-state index < -0.39 is 5.60 Å². The minimum absolute atomic E-state index is 0.0680. The molecule has 6 rings (SSSR count). The maximum atomic E-state index is 12.1. The molecule has 1 aromatic heterocycles. The summed E-state index contributed by atoms with van der Waals surface area (Å²) in [6, 6.07) is 10.5. The maximum Gasteiger partial charge on any atom is 0.150 e. The van der Waals surface area contributed by atoms with Gasteiger partial charge in [-0.2, -0.15) is 0 Å². The molecule has 2 aromatic rings. The van der Waals surface area contributed by atoms with Gasteiger partial charge in [0.15, 0.2) is 0 Å².